The molecule has 17 heavy (non-hydrogen) atoms. The summed E-state index contributed by atoms with van der Waals surface area (Å²) in [5.74, 6) is 0.697. The van der Waals surface area contributed by atoms with Gasteiger partial charge in [-0.25, -0.2) is 4.98 Å². The molecule has 0 amide bonds. The van der Waals surface area contributed by atoms with Crippen LogP contribution < -0.4 is 10.1 Å². The summed E-state index contributed by atoms with van der Waals surface area (Å²) < 4.78 is 5.15. The van der Waals surface area contributed by atoms with E-state index in [1.165, 1.54) is 6.42 Å². The van der Waals surface area contributed by atoms with Gasteiger partial charge in [-0.1, -0.05) is 13.0 Å². The van der Waals surface area contributed by atoms with Crippen molar-refractivity contribution in [2.45, 2.75) is 25.9 Å². The summed E-state index contributed by atoms with van der Waals surface area (Å²) in [6.07, 6.45) is 1.23. The van der Waals surface area contributed by atoms with Crippen LogP contribution in [0.15, 0.2) is 18.2 Å². The first-order valence-electron chi connectivity index (χ1n) is 6.28. The second-order valence-electron chi connectivity index (χ2n) is 4.38. The van der Waals surface area contributed by atoms with Crippen LogP contribution in [0, 0.1) is 0 Å². The van der Waals surface area contributed by atoms with Crippen LogP contribution in [-0.2, 0) is 6.54 Å². The fraction of sp³-hybridized carbons (Fsp3) is 0.615. The number of likely N-dealkylation sites (N-methyl/N-ethyl adjacent to an activating group) is 1. The first kappa shape index (κ1) is 12.3. The molecule has 0 aromatic carbocycles. The lowest BCUT2D eigenvalue weighted by molar-refractivity contribution is 0.207. The van der Waals surface area contributed by atoms with Crippen LogP contribution in [0.4, 0.5) is 0 Å². The van der Waals surface area contributed by atoms with Crippen LogP contribution in [0.5, 0.6) is 5.88 Å². The van der Waals surface area contributed by atoms with Crippen molar-refractivity contribution in [3.05, 3.63) is 23.9 Å². The van der Waals surface area contributed by atoms with Crippen molar-refractivity contribution in [2.75, 3.05) is 26.7 Å². The van der Waals surface area contributed by atoms with Gasteiger partial charge in [-0.15, -0.1) is 0 Å². The van der Waals surface area contributed by atoms with Gasteiger partial charge in [0.25, 0.3) is 0 Å². The van der Waals surface area contributed by atoms with Crippen molar-refractivity contribution in [2.24, 2.45) is 0 Å². The molecule has 2 heterocycles. The molecular weight excluding hydrogens is 214 g/mol. The Labute approximate surface area is 103 Å². The molecule has 0 aliphatic carbocycles. The summed E-state index contributed by atoms with van der Waals surface area (Å²) in [5, 5.41) is 3.41. The number of aromatic nitrogens is 1. The third-order valence-electron chi connectivity index (χ3n) is 3.31. The Morgan fingerprint density at radius 1 is 1.53 bits per heavy atom. The van der Waals surface area contributed by atoms with Crippen molar-refractivity contribution in [1.29, 1.82) is 0 Å². The Kier molecular flexibility index (Phi) is 4.34. The summed E-state index contributed by atoms with van der Waals surface area (Å²) in [6, 6.07) is 6.60. The highest BCUT2D eigenvalue weighted by atomic mass is 16.5. The second kappa shape index (κ2) is 5.98. The van der Waals surface area contributed by atoms with E-state index in [1.54, 1.807) is 7.11 Å². The third-order valence-corrected chi connectivity index (χ3v) is 3.31. The predicted octanol–water partition coefficient (Wildman–Crippen LogP) is 1.27. The van der Waals surface area contributed by atoms with Gasteiger partial charge in [-0.05, 0) is 25.6 Å². The number of hydrogen-bond donors (Lipinski definition) is 1. The highest BCUT2D eigenvalue weighted by Gasteiger charge is 2.21. The summed E-state index contributed by atoms with van der Waals surface area (Å²) in [5.41, 5.74) is 1.08. The molecule has 0 spiro atoms. The number of pyridine rings is 1. The number of ether oxygens (including phenoxy) is 1. The molecule has 1 unspecified atom stereocenters. The van der Waals surface area contributed by atoms with Gasteiger partial charge in [-0.3, -0.25) is 4.90 Å². The van der Waals surface area contributed by atoms with E-state index < -0.39 is 0 Å². The molecule has 1 N–H and O–H groups in total. The molecule has 1 aromatic heterocycles. The first-order chi connectivity index (χ1) is 8.33. The lowest BCUT2D eigenvalue weighted by Gasteiger charge is -2.26. The summed E-state index contributed by atoms with van der Waals surface area (Å²) in [6.45, 7) is 6.40. The summed E-state index contributed by atoms with van der Waals surface area (Å²) in [7, 11) is 1.66. The highest BCUT2D eigenvalue weighted by Crippen LogP contribution is 2.14. The average molecular weight is 235 g/mol. The number of nitrogens with one attached hydrogen (secondary N) is 1. The van der Waals surface area contributed by atoms with Gasteiger partial charge in [0.1, 0.15) is 0 Å². The molecule has 1 fully saturated rings. The van der Waals surface area contributed by atoms with Gasteiger partial charge in [0.15, 0.2) is 0 Å². The second-order valence-corrected chi connectivity index (χ2v) is 4.38. The molecule has 0 radical (unpaired) electrons. The van der Waals surface area contributed by atoms with Crippen LogP contribution in [0.25, 0.3) is 0 Å². The lowest BCUT2D eigenvalue weighted by atomic mass is 10.2. The standard InChI is InChI=1S/C13H21N3O/c1-3-16(12-7-8-14-9-12)10-11-5-4-6-13(15-11)17-2/h4-6,12,14H,3,7-10H2,1-2H3. The van der Waals surface area contributed by atoms with Crippen molar-refractivity contribution in [3.8, 4) is 5.88 Å². The van der Waals surface area contributed by atoms with Gasteiger partial charge in [-0.2, -0.15) is 0 Å². The topological polar surface area (TPSA) is 37.4 Å². The van der Waals surface area contributed by atoms with Crippen molar-refractivity contribution in [3.63, 3.8) is 0 Å². The van der Waals surface area contributed by atoms with E-state index in [0.29, 0.717) is 11.9 Å². The number of methoxy groups -OCH3 is 1. The number of nitrogens with zero attached hydrogens (tertiary/aromatic N) is 2. The molecule has 94 valence electrons. The van der Waals surface area contributed by atoms with Crippen LogP contribution in [0.3, 0.4) is 0 Å². The van der Waals surface area contributed by atoms with Gasteiger partial charge in [0.2, 0.25) is 5.88 Å². The third kappa shape index (κ3) is 3.17. The largest absolute Gasteiger partial charge is 0.481 e. The Bertz CT molecular complexity index is 350. The minimum absolute atomic E-state index is 0.646. The molecule has 1 aromatic rings. The molecular formula is C13H21N3O. The molecule has 1 saturated heterocycles. The van der Waals surface area contributed by atoms with Gasteiger partial charge < -0.3 is 10.1 Å². The fourth-order valence-electron chi connectivity index (χ4n) is 2.32. The van der Waals surface area contributed by atoms with E-state index >= 15 is 0 Å². The minimum atomic E-state index is 0.646. The SMILES string of the molecule is CCN(Cc1cccc(OC)n1)C1CCNC1. The Morgan fingerprint density at radius 2 is 2.41 bits per heavy atom. The molecule has 4 nitrogen and oxygen atoms in total. The lowest BCUT2D eigenvalue weighted by Crippen LogP contribution is -2.36. The highest BCUT2D eigenvalue weighted by molar-refractivity contribution is 5.15. The Hall–Kier alpha value is -1.13. The zero-order chi connectivity index (χ0) is 12.1. The Morgan fingerprint density at radius 3 is 3.06 bits per heavy atom. The maximum absolute atomic E-state index is 5.15. The van der Waals surface area contributed by atoms with Crippen LogP contribution in [0.2, 0.25) is 0 Å². The van der Waals surface area contributed by atoms with E-state index in [-0.39, 0.29) is 0 Å². The molecule has 1 aliphatic heterocycles. The molecule has 4 heteroatoms. The molecule has 0 saturated carbocycles. The first-order valence-corrected chi connectivity index (χ1v) is 6.28. The van der Waals surface area contributed by atoms with E-state index in [0.717, 1.165) is 31.9 Å². The molecule has 2 rings (SSSR count). The maximum Gasteiger partial charge on any atom is 0.213 e. The normalized spacial score (nSPS) is 19.8. The van der Waals surface area contributed by atoms with Crippen molar-refractivity contribution >= 4 is 0 Å². The number of hydrogen-bond acceptors (Lipinski definition) is 4. The molecule has 1 aliphatic rings. The average Bonchev–Trinajstić information content (AvgIpc) is 2.90. The fourth-order valence-corrected chi connectivity index (χ4v) is 2.32. The molecule has 0 bridgehead atoms. The van der Waals surface area contributed by atoms with Crippen LogP contribution in [0.1, 0.15) is 19.0 Å². The summed E-state index contributed by atoms with van der Waals surface area (Å²) in [4.78, 5) is 6.94. The maximum atomic E-state index is 5.15. The quantitative estimate of drug-likeness (QED) is 0.834. The molecule has 1 atom stereocenters. The van der Waals surface area contributed by atoms with E-state index in [1.807, 2.05) is 12.1 Å². The monoisotopic (exact) mass is 235 g/mol. The van der Waals surface area contributed by atoms with Crippen LogP contribution >= 0.6 is 0 Å². The smallest absolute Gasteiger partial charge is 0.213 e. The predicted molar refractivity (Wildman–Crippen MR) is 68.1 cm³/mol. The summed E-state index contributed by atoms with van der Waals surface area (Å²) >= 11 is 0. The Balaban J connectivity index is 2.01. The van der Waals surface area contributed by atoms with Gasteiger partial charge in [0, 0.05) is 25.2 Å². The minimum Gasteiger partial charge on any atom is -0.481 e. The van der Waals surface area contributed by atoms with Crippen molar-refractivity contribution in [1.82, 2.24) is 15.2 Å². The number of rotatable bonds is 5. The van der Waals surface area contributed by atoms with E-state index in [4.69, 9.17) is 4.74 Å². The van der Waals surface area contributed by atoms with Gasteiger partial charge >= 0.3 is 0 Å². The van der Waals surface area contributed by atoms with Crippen LogP contribution in [-0.4, -0.2) is 42.7 Å². The van der Waals surface area contributed by atoms with E-state index in [2.05, 4.69) is 28.2 Å². The van der Waals surface area contributed by atoms with E-state index in [9.17, 15) is 0 Å². The zero-order valence-electron chi connectivity index (χ0n) is 10.6. The zero-order valence-corrected chi connectivity index (χ0v) is 10.6. The van der Waals surface area contributed by atoms with Gasteiger partial charge in [0.05, 0.1) is 12.8 Å². The van der Waals surface area contributed by atoms with Crippen molar-refractivity contribution < 1.29 is 4.74 Å².